The lowest BCUT2D eigenvalue weighted by Gasteiger charge is -2.23. The maximum absolute atomic E-state index is 8.55. The van der Waals surface area contributed by atoms with Crippen molar-refractivity contribution >= 4 is 0 Å². The zero-order valence-corrected chi connectivity index (χ0v) is 8.14. The highest BCUT2D eigenvalue weighted by Gasteiger charge is 2.41. The molecule has 0 aromatic rings. The van der Waals surface area contributed by atoms with Crippen molar-refractivity contribution in [2.45, 2.75) is 45.3 Å². The van der Waals surface area contributed by atoms with E-state index in [4.69, 9.17) is 10.00 Å². The predicted octanol–water partition coefficient (Wildman–Crippen LogP) is 2.41. The molecule has 0 N–H and O–H groups in total. The van der Waals surface area contributed by atoms with Crippen LogP contribution in [0.25, 0.3) is 0 Å². The summed E-state index contributed by atoms with van der Waals surface area (Å²) in [6, 6.07) is 2.06. The standard InChI is InChI=1S/C10H15NO/c1-9(2)7-8(5-6-11)10(3,4)12-9/h5H,7H2,1-4H3. The average Bonchev–Trinajstić information content (AvgIpc) is 2.01. The highest BCUT2D eigenvalue weighted by atomic mass is 16.5. The lowest BCUT2D eigenvalue weighted by molar-refractivity contribution is -0.0567. The highest BCUT2D eigenvalue weighted by molar-refractivity contribution is 5.27. The van der Waals surface area contributed by atoms with Gasteiger partial charge in [-0.1, -0.05) is 0 Å². The quantitative estimate of drug-likeness (QED) is 0.516. The number of hydrogen-bond acceptors (Lipinski definition) is 2. The third-order valence-electron chi connectivity index (χ3n) is 2.16. The maximum Gasteiger partial charge on any atom is 0.0912 e. The Hall–Kier alpha value is -0.810. The summed E-state index contributed by atoms with van der Waals surface area (Å²) in [6.07, 6.45) is 2.46. The molecule has 0 aromatic heterocycles. The SMILES string of the molecule is CC1(C)CC(=CC#N)C(C)(C)O1. The van der Waals surface area contributed by atoms with Gasteiger partial charge < -0.3 is 4.74 Å². The first-order chi connectivity index (χ1) is 5.37. The van der Waals surface area contributed by atoms with E-state index in [2.05, 4.69) is 6.07 Å². The van der Waals surface area contributed by atoms with Gasteiger partial charge in [0, 0.05) is 12.5 Å². The van der Waals surface area contributed by atoms with E-state index in [1.54, 1.807) is 6.08 Å². The molecule has 0 aliphatic carbocycles. The Morgan fingerprint density at radius 1 is 1.42 bits per heavy atom. The maximum atomic E-state index is 8.55. The van der Waals surface area contributed by atoms with Crippen molar-refractivity contribution in [3.63, 3.8) is 0 Å². The van der Waals surface area contributed by atoms with Gasteiger partial charge in [-0.3, -0.25) is 0 Å². The van der Waals surface area contributed by atoms with E-state index in [-0.39, 0.29) is 11.2 Å². The topological polar surface area (TPSA) is 33.0 Å². The molecule has 0 amide bonds. The Morgan fingerprint density at radius 3 is 2.33 bits per heavy atom. The van der Waals surface area contributed by atoms with Gasteiger partial charge in [0.1, 0.15) is 0 Å². The minimum absolute atomic E-state index is 0.119. The Bertz CT molecular complexity index is 256. The smallest absolute Gasteiger partial charge is 0.0912 e. The molecule has 0 saturated carbocycles. The summed E-state index contributed by atoms with van der Waals surface area (Å²) in [7, 11) is 0. The molecule has 0 spiro atoms. The van der Waals surface area contributed by atoms with E-state index in [1.165, 1.54) is 0 Å². The zero-order chi connectivity index (χ0) is 9.41. The summed E-state index contributed by atoms with van der Waals surface area (Å²) in [4.78, 5) is 0. The van der Waals surface area contributed by atoms with E-state index >= 15 is 0 Å². The summed E-state index contributed by atoms with van der Waals surface area (Å²) in [5.74, 6) is 0. The summed E-state index contributed by atoms with van der Waals surface area (Å²) in [6.45, 7) is 8.11. The van der Waals surface area contributed by atoms with Crippen LogP contribution < -0.4 is 0 Å². The van der Waals surface area contributed by atoms with E-state index in [9.17, 15) is 0 Å². The summed E-state index contributed by atoms with van der Waals surface area (Å²) in [5, 5.41) is 8.55. The molecular formula is C10H15NO. The third-order valence-corrected chi connectivity index (χ3v) is 2.16. The Kier molecular flexibility index (Phi) is 2.01. The molecule has 1 saturated heterocycles. The Labute approximate surface area is 73.8 Å². The van der Waals surface area contributed by atoms with Crippen LogP contribution in [0.3, 0.4) is 0 Å². The fourth-order valence-electron chi connectivity index (χ4n) is 1.77. The Morgan fingerprint density at radius 2 is 2.00 bits per heavy atom. The van der Waals surface area contributed by atoms with Crippen LogP contribution in [0.5, 0.6) is 0 Å². The summed E-state index contributed by atoms with van der Waals surface area (Å²) < 4.78 is 5.78. The highest BCUT2D eigenvalue weighted by Crippen LogP contribution is 2.41. The fourth-order valence-corrected chi connectivity index (χ4v) is 1.77. The average molecular weight is 165 g/mol. The third kappa shape index (κ3) is 1.67. The summed E-state index contributed by atoms with van der Waals surface area (Å²) >= 11 is 0. The first kappa shape index (κ1) is 9.28. The zero-order valence-electron chi connectivity index (χ0n) is 8.14. The molecule has 0 bridgehead atoms. The van der Waals surface area contributed by atoms with Crippen LogP contribution in [0, 0.1) is 11.3 Å². The van der Waals surface area contributed by atoms with Gasteiger partial charge in [0.15, 0.2) is 0 Å². The lowest BCUT2D eigenvalue weighted by atomic mass is 9.94. The molecule has 1 heterocycles. The van der Waals surface area contributed by atoms with Crippen LogP contribution >= 0.6 is 0 Å². The molecule has 0 radical (unpaired) electrons. The molecule has 1 aliphatic rings. The van der Waals surface area contributed by atoms with E-state index in [0.717, 1.165) is 12.0 Å². The first-order valence-corrected chi connectivity index (χ1v) is 4.17. The molecule has 2 heteroatoms. The van der Waals surface area contributed by atoms with Crippen molar-refractivity contribution in [3.05, 3.63) is 11.6 Å². The normalized spacial score (nSPS) is 28.8. The van der Waals surface area contributed by atoms with Gasteiger partial charge in [0.2, 0.25) is 0 Å². The first-order valence-electron chi connectivity index (χ1n) is 4.17. The number of nitriles is 1. The molecular weight excluding hydrogens is 150 g/mol. The van der Waals surface area contributed by atoms with Crippen LogP contribution in [0.4, 0.5) is 0 Å². The van der Waals surface area contributed by atoms with Crippen molar-refractivity contribution in [2.24, 2.45) is 0 Å². The largest absolute Gasteiger partial charge is 0.365 e. The molecule has 1 rings (SSSR count). The van der Waals surface area contributed by atoms with Crippen molar-refractivity contribution in [1.82, 2.24) is 0 Å². The number of hydrogen-bond donors (Lipinski definition) is 0. The number of nitrogens with zero attached hydrogens (tertiary/aromatic N) is 1. The second-order valence-electron chi connectivity index (χ2n) is 4.35. The van der Waals surface area contributed by atoms with Crippen LogP contribution in [0.1, 0.15) is 34.1 Å². The van der Waals surface area contributed by atoms with Gasteiger partial charge in [-0.25, -0.2) is 0 Å². The van der Waals surface area contributed by atoms with Crippen LogP contribution in [0.2, 0.25) is 0 Å². The molecule has 66 valence electrons. The number of allylic oxidation sites excluding steroid dienone is 1. The number of ether oxygens (including phenoxy) is 1. The van der Waals surface area contributed by atoms with E-state index in [1.807, 2.05) is 27.7 Å². The van der Waals surface area contributed by atoms with Gasteiger partial charge >= 0.3 is 0 Å². The molecule has 0 aromatic carbocycles. The minimum Gasteiger partial charge on any atom is -0.365 e. The molecule has 12 heavy (non-hydrogen) atoms. The molecule has 2 nitrogen and oxygen atoms in total. The van der Waals surface area contributed by atoms with E-state index in [0.29, 0.717) is 0 Å². The lowest BCUT2D eigenvalue weighted by Crippen LogP contribution is -2.26. The molecule has 0 unspecified atom stereocenters. The fraction of sp³-hybridized carbons (Fsp3) is 0.700. The predicted molar refractivity (Wildman–Crippen MR) is 47.6 cm³/mol. The van der Waals surface area contributed by atoms with Crippen molar-refractivity contribution < 1.29 is 4.74 Å². The van der Waals surface area contributed by atoms with Gasteiger partial charge in [0.25, 0.3) is 0 Å². The second kappa shape index (κ2) is 2.60. The second-order valence-corrected chi connectivity index (χ2v) is 4.35. The van der Waals surface area contributed by atoms with Crippen LogP contribution in [0.15, 0.2) is 11.6 Å². The van der Waals surface area contributed by atoms with Crippen molar-refractivity contribution in [3.8, 4) is 6.07 Å². The van der Waals surface area contributed by atoms with Crippen LogP contribution in [-0.2, 0) is 4.74 Å². The monoisotopic (exact) mass is 165 g/mol. The van der Waals surface area contributed by atoms with Gasteiger partial charge in [-0.2, -0.15) is 5.26 Å². The Balaban J connectivity index is 2.94. The number of rotatable bonds is 0. The van der Waals surface area contributed by atoms with Crippen LogP contribution in [-0.4, -0.2) is 11.2 Å². The van der Waals surface area contributed by atoms with E-state index < -0.39 is 0 Å². The molecule has 0 atom stereocenters. The van der Waals surface area contributed by atoms with Crippen molar-refractivity contribution in [2.75, 3.05) is 0 Å². The van der Waals surface area contributed by atoms with Gasteiger partial charge in [-0.15, -0.1) is 0 Å². The van der Waals surface area contributed by atoms with Crippen molar-refractivity contribution in [1.29, 1.82) is 5.26 Å². The molecule has 1 fully saturated rings. The van der Waals surface area contributed by atoms with Gasteiger partial charge in [-0.05, 0) is 33.3 Å². The van der Waals surface area contributed by atoms with Gasteiger partial charge in [0.05, 0.1) is 17.3 Å². The summed E-state index contributed by atoms with van der Waals surface area (Å²) in [5.41, 5.74) is 0.709. The minimum atomic E-state index is -0.265. The molecule has 1 aliphatic heterocycles.